The Kier molecular flexibility index (Phi) is 16.4. The molecule has 4 aliphatic rings. The van der Waals surface area contributed by atoms with Gasteiger partial charge in [0.15, 0.2) is 11.5 Å². The van der Waals surface area contributed by atoms with Crippen molar-refractivity contribution in [2.75, 3.05) is 66.6 Å². The van der Waals surface area contributed by atoms with Gasteiger partial charge in [-0.15, -0.1) is 0 Å². The van der Waals surface area contributed by atoms with Gasteiger partial charge >= 0.3 is 12.2 Å². The van der Waals surface area contributed by atoms with Crippen LogP contribution in [0, 0.1) is 11.3 Å². The zero-order valence-electron chi connectivity index (χ0n) is 34.7. The second-order valence-electron chi connectivity index (χ2n) is 15.7. The average molecular weight is 812 g/mol. The van der Waals surface area contributed by atoms with E-state index in [4.69, 9.17) is 23.7 Å². The third-order valence-corrected chi connectivity index (χ3v) is 11.7. The highest BCUT2D eigenvalue weighted by Gasteiger charge is 2.36. The zero-order valence-corrected chi connectivity index (χ0v) is 34.7. The molecule has 3 N–H and O–H groups in total. The molecule has 1 saturated carbocycles. The summed E-state index contributed by atoms with van der Waals surface area (Å²) in [7, 11) is 3.29. The van der Waals surface area contributed by atoms with Gasteiger partial charge in [-0.1, -0.05) is 43.7 Å². The normalized spacial score (nSPS) is 21.6. The summed E-state index contributed by atoms with van der Waals surface area (Å²) in [4.78, 5) is 30.4. The van der Waals surface area contributed by atoms with Gasteiger partial charge in [-0.25, -0.2) is 9.59 Å². The Morgan fingerprint density at radius 2 is 1.75 bits per heavy atom. The number of carbonyl (C=O) groups is 2. The quantitative estimate of drug-likeness (QED) is 0.144. The Balaban J connectivity index is 0.870. The lowest BCUT2D eigenvalue weighted by molar-refractivity contribution is -0.0319. The molecule has 2 aromatic rings. The van der Waals surface area contributed by atoms with E-state index in [1.165, 1.54) is 12.0 Å². The van der Waals surface area contributed by atoms with Crippen molar-refractivity contribution < 1.29 is 33.3 Å². The number of carbonyl (C=O) groups excluding carboxylic acids is 2. The van der Waals surface area contributed by atoms with Crippen molar-refractivity contribution >= 4 is 17.9 Å². The van der Waals surface area contributed by atoms with Crippen LogP contribution in [0.1, 0.15) is 87.0 Å². The fourth-order valence-electron chi connectivity index (χ4n) is 8.32. The fraction of sp³-hybridized carbons (Fsp3) is 0.556. The molecule has 0 radical (unpaired) electrons. The number of likely N-dealkylation sites (tertiary alicyclic amines) is 1. The van der Waals surface area contributed by atoms with Crippen LogP contribution in [0.4, 0.5) is 9.59 Å². The minimum Gasteiger partial charge on any atom is -0.493 e. The first-order valence-electron chi connectivity index (χ1n) is 21.2. The maximum atomic E-state index is 13.0. The number of ether oxygens (including phenoxy) is 5. The van der Waals surface area contributed by atoms with Crippen LogP contribution >= 0.6 is 0 Å². The highest BCUT2D eigenvalue weighted by atomic mass is 16.6. The Bertz CT molecular complexity index is 1830. The minimum atomic E-state index is -0.510. The van der Waals surface area contributed by atoms with E-state index in [1.807, 2.05) is 24.3 Å². The molecule has 4 atom stereocenters. The maximum Gasteiger partial charge on any atom is 0.407 e. The van der Waals surface area contributed by atoms with Crippen molar-refractivity contribution in [3.05, 3.63) is 83.1 Å². The van der Waals surface area contributed by atoms with E-state index in [1.54, 1.807) is 26.4 Å². The monoisotopic (exact) mass is 811 g/mol. The van der Waals surface area contributed by atoms with E-state index in [-0.39, 0.29) is 12.2 Å². The first-order valence-corrected chi connectivity index (χ1v) is 21.2. The van der Waals surface area contributed by atoms with Gasteiger partial charge in [-0.2, -0.15) is 10.4 Å². The summed E-state index contributed by atoms with van der Waals surface area (Å²) in [6.45, 7) is 9.09. The maximum absolute atomic E-state index is 13.0. The number of hydrogen-bond donors (Lipinski definition) is 3. The minimum absolute atomic E-state index is 0.155. The van der Waals surface area contributed by atoms with Crippen molar-refractivity contribution in [2.24, 2.45) is 5.10 Å². The predicted molar refractivity (Wildman–Crippen MR) is 225 cm³/mol. The number of rotatable bonds is 18. The Morgan fingerprint density at radius 1 is 0.966 bits per heavy atom. The molecule has 2 fully saturated rings. The van der Waals surface area contributed by atoms with E-state index in [0.717, 1.165) is 105 Å². The molecule has 1 aliphatic carbocycles. The Hall–Kier alpha value is -5.10. The van der Waals surface area contributed by atoms with E-state index < -0.39 is 18.3 Å². The lowest BCUT2D eigenvalue weighted by atomic mass is 9.91. The van der Waals surface area contributed by atoms with Gasteiger partial charge in [0.25, 0.3) is 0 Å². The summed E-state index contributed by atoms with van der Waals surface area (Å²) in [5, 5.41) is 19.5. The van der Waals surface area contributed by atoms with E-state index in [0.29, 0.717) is 57.2 Å². The van der Waals surface area contributed by atoms with Gasteiger partial charge in [0.05, 0.1) is 44.3 Å². The number of allylic oxidation sites excluding steroid dienone is 1. The number of nitriles is 1. The lowest BCUT2D eigenvalue weighted by Crippen LogP contribution is -2.46. The number of benzene rings is 2. The summed E-state index contributed by atoms with van der Waals surface area (Å²) in [6.07, 6.45) is 10.8. The molecule has 1 unspecified atom stereocenters. The van der Waals surface area contributed by atoms with Gasteiger partial charge in [0, 0.05) is 57.6 Å². The molecule has 1 saturated heterocycles. The summed E-state index contributed by atoms with van der Waals surface area (Å²) in [5.74, 6) is 1.44. The second kappa shape index (κ2) is 22.3. The third-order valence-electron chi connectivity index (χ3n) is 11.7. The summed E-state index contributed by atoms with van der Waals surface area (Å²) in [6, 6.07) is 15.6. The largest absolute Gasteiger partial charge is 0.493 e. The number of alkyl carbamates (subject to hydrolysis) is 2. The predicted octanol–water partition coefficient (Wildman–Crippen LogP) is 6.38. The molecule has 0 bridgehead atoms. The topological polar surface area (TPSA) is 159 Å². The van der Waals surface area contributed by atoms with Crippen molar-refractivity contribution in [3.8, 4) is 17.6 Å². The van der Waals surface area contributed by atoms with Crippen LogP contribution < -0.4 is 25.5 Å². The molecule has 6 rings (SSSR count). The summed E-state index contributed by atoms with van der Waals surface area (Å²) >= 11 is 0. The lowest BCUT2D eigenvalue weighted by Gasteiger charge is -2.37. The second-order valence-corrected chi connectivity index (χ2v) is 15.7. The van der Waals surface area contributed by atoms with E-state index >= 15 is 0 Å². The Morgan fingerprint density at radius 3 is 2.46 bits per heavy atom. The number of amides is 2. The molecule has 0 spiro atoms. The van der Waals surface area contributed by atoms with Gasteiger partial charge in [-0.3, -0.25) is 15.2 Å². The van der Waals surface area contributed by atoms with Gasteiger partial charge in [0.1, 0.15) is 12.2 Å². The highest BCUT2D eigenvalue weighted by Crippen LogP contribution is 2.31. The molecule has 2 aromatic carbocycles. The van der Waals surface area contributed by atoms with Crippen LogP contribution in [-0.4, -0.2) is 113 Å². The molecule has 3 heterocycles. The standard InChI is InChI=1S/C45H61N7O7/c1-32-10-16-38(50-49-32)35-18-24-51(25-19-35)31-43(36-14-11-34(29-46)12-15-36)59-45(54)48-23-7-6-22-47-44(53)58-37-20-26-52(30-37)39-8-4-5-9-40(39)57-27-21-33-13-17-41(55-2)42(28-33)56-3/h11-15,17-18,28,37,39-40,43,49H,1,4-10,16,19-27,30-31H2,2-3H3,(H,47,53)(H,48,54)/t37-,39-,40-,43?/m1/s1. The number of nitrogens with zero attached hydrogens (tertiary/aromatic N) is 4. The fourth-order valence-corrected chi connectivity index (χ4v) is 8.32. The number of methoxy groups -OCH3 is 2. The molecule has 318 valence electrons. The molecular formula is C45H61N7O7. The van der Waals surface area contributed by atoms with Crippen LogP contribution in [0.3, 0.4) is 0 Å². The summed E-state index contributed by atoms with van der Waals surface area (Å²) < 4.78 is 29.1. The number of unbranched alkanes of at least 4 members (excludes halogenated alkanes) is 1. The highest BCUT2D eigenvalue weighted by molar-refractivity contribution is 6.00. The van der Waals surface area contributed by atoms with Crippen LogP contribution in [0.15, 0.2) is 71.5 Å². The van der Waals surface area contributed by atoms with E-state index in [2.05, 4.69) is 55.8 Å². The molecule has 3 aliphatic heterocycles. The van der Waals surface area contributed by atoms with Crippen LogP contribution in [0.25, 0.3) is 0 Å². The zero-order chi connectivity index (χ0) is 41.4. The van der Waals surface area contributed by atoms with Crippen LogP contribution in [0.5, 0.6) is 11.5 Å². The Labute approximate surface area is 348 Å². The van der Waals surface area contributed by atoms with E-state index in [9.17, 15) is 14.9 Å². The summed E-state index contributed by atoms with van der Waals surface area (Å²) in [5.41, 5.74) is 8.80. The van der Waals surface area contributed by atoms with Crippen molar-refractivity contribution in [1.82, 2.24) is 25.9 Å². The molecule has 14 heteroatoms. The molecule has 59 heavy (non-hydrogen) atoms. The first-order chi connectivity index (χ1) is 28.8. The number of hydrogen-bond acceptors (Lipinski definition) is 12. The third kappa shape index (κ3) is 12.9. The van der Waals surface area contributed by atoms with Crippen molar-refractivity contribution in [1.29, 1.82) is 5.26 Å². The average Bonchev–Trinajstić information content (AvgIpc) is 3.73. The van der Waals surface area contributed by atoms with Crippen molar-refractivity contribution in [2.45, 2.75) is 95.0 Å². The molecule has 0 aromatic heterocycles. The number of hydrazone groups is 1. The van der Waals surface area contributed by atoms with Crippen LogP contribution in [-0.2, 0) is 20.6 Å². The van der Waals surface area contributed by atoms with Crippen LogP contribution in [0.2, 0.25) is 0 Å². The molecule has 14 nitrogen and oxygen atoms in total. The van der Waals surface area contributed by atoms with Gasteiger partial charge in [0.2, 0.25) is 0 Å². The van der Waals surface area contributed by atoms with Gasteiger partial charge in [-0.05, 0) is 98.8 Å². The van der Waals surface area contributed by atoms with Crippen molar-refractivity contribution in [3.63, 3.8) is 0 Å². The molecular weight excluding hydrogens is 751 g/mol. The van der Waals surface area contributed by atoms with Gasteiger partial charge < -0.3 is 34.3 Å². The first kappa shape index (κ1) is 43.5. The smallest absolute Gasteiger partial charge is 0.407 e. The number of nitrogens with one attached hydrogen (secondary N) is 3. The molecule has 2 amide bonds. The SMILES string of the molecule is C=C1CCC(C2=CCN(CC(OC(=O)NCCCCNC(=O)O[C@@H]3CCN([C@@H]4CCCC[C@H]4OCCc4ccc(OC)c(OC)c4)C3)c3ccc(C#N)cc3)CC2)=NN1.